The Hall–Kier alpha value is -0.310. The van der Waals surface area contributed by atoms with Crippen molar-refractivity contribution >= 4 is 44.5 Å². The van der Waals surface area contributed by atoms with E-state index in [0.717, 1.165) is 0 Å². The fourth-order valence-electron chi connectivity index (χ4n) is 1.39. The van der Waals surface area contributed by atoms with Gasteiger partial charge in [-0.1, -0.05) is 15.9 Å². The summed E-state index contributed by atoms with van der Waals surface area (Å²) in [7, 11) is 0. The Labute approximate surface area is 126 Å². The third kappa shape index (κ3) is 3.84. The molecular formula is C11H11BrF2INO2. The predicted molar refractivity (Wildman–Crippen MR) is 74.9 cm³/mol. The first kappa shape index (κ1) is 15.7. The fraction of sp³-hybridized carbons (Fsp3) is 0.455. The average Bonchev–Trinajstić information content (AvgIpc) is 2.31. The number of halogens is 4. The van der Waals surface area contributed by atoms with Crippen LogP contribution in [0.2, 0.25) is 0 Å². The van der Waals surface area contributed by atoms with Crippen molar-refractivity contribution in [2.45, 2.75) is 25.1 Å². The average molecular weight is 434 g/mol. The van der Waals surface area contributed by atoms with Crippen molar-refractivity contribution in [3.05, 3.63) is 26.6 Å². The quantitative estimate of drug-likeness (QED) is 0.404. The highest BCUT2D eigenvalue weighted by Gasteiger charge is 2.21. The molecule has 18 heavy (non-hydrogen) atoms. The topological polar surface area (TPSA) is 39.2 Å². The number of ether oxygens (including phenoxy) is 1. The number of hydrogen-bond donors (Lipinski definition) is 0. The van der Waals surface area contributed by atoms with E-state index in [4.69, 9.17) is 4.74 Å². The molecule has 7 heteroatoms. The summed E-state index contributed by atoms with van der Waals surface area (Å²) in [5, 5.41) is 0.301. The molecule has 0 radical (unpaired) electrons. The Bertz CT molecular complexity index is 443. The van der Waals surface area contributed by atoms with Crippen LogP contribution in [0.1, 0.15) is 30.2 Å². The lowest BCUT2D eigenvalue weighted by Crippen LogP contribution is -2.12. The van der Waals surface area contributed by atoms with E-state index in [9.17, 15) is 13.6 Å². The van der Waals surface area contributed by atoms with Gasteiger partial charge in [0.05, 0.1) is 18.7 Å². The number of carbonyl (C=O) groups is 1. The van der Waals surface area contributed by atoms with E-state index in [2.05, 4.69) is 20.9 Å². The normalized spacial score (nSPS) is 10.8. The van der Waals surface area contributed by atoms with Gasteiger partial charge in [-0.25, -0.2) is 8.78 Å². The number of esters is 1. The number of nitrogens with zero attached hydrogens (tertiary/aromatic N) is 1. The molecule has 0 atom stereocenters. The molecule has 0 saturated heterocycles. The molecule has 1 aromatic heterocycles. The highest BCUT2D eigenvalue weighted by atomic mass is 127. The lowest BCUT2D eigenvalue weighted by molar-refractivity contribution is -0.142. The molecule has 0 saturated carbocycles. The Morgan fingerprint density at radius 2 is 2.28 bits per heavy atom. The van der Waals surface area contributed by atoms with E-state index in [1.54, 1.807) is 29.5 Å². The van der Waals surface area contributed by atoms with Gasteiger partial charge in [0.25, 0.3) is 6.43 Å². The number of hydrogen-bond acceptors (Lipinski definition) is 3. The maximum Gasteiger partial charge on any atom is 0.311 e. The molecule has 3 nitrogen and oxygen atoms in total. The zero-order valence-electron chi connectivity index (χ0n) is 9.55. The van der Waals surface area contributed by atoms with Crippen LogP contribution in [-0.4, -0.2) is 17.6 Å². The molecule has 0 spiro atoms. The summed E-state index contributed by atoms with van der Waals surface area (Å²) in [5.74, 6) is -0.463. The van der Waals surface area contributed by atoms with E-state index in [1.165, 1.54) is 6.20 Å². The largest absolute Gasteiger partial charge is 0.466 e. The van der Waals surface area contributed by atoms with Crippen LogP contribution < -0.4 is 0 Å². The molecule has 0 N–H and O–H groups in total. The molecule has 1 aromatic rings. The molecule has 0 unspecified atom stereocenters. The minimum absolute atomic E-state index is 0.0678. The summed E-state index contributed by atoms with van der Waals surface area (Å²) in [6.07, 6.45) is -1.31. The minimum Gasteiger partial charge on any atom is -0.466 e. The van der Waals surface area contributed by atoms with Crippen LogP contribution in [-0.2, 0) is 21.3 Å². The summed E-state index contributed by atoms with van der Waals surface area (Å²) < 4.78 is 31.0. The zero-order valence-corrected chi connectivity index (χ0v) is 13.3. The van der Waals surface area contributed by atoms with Gasteiger partial charge in [-0.05, 0) is 35.1 Å². The number of aromatic nitrogens is 1. The third-order valence-electron chi connectivity index (χ3n) is 2.19. The van der Waals surface area contributed by atoms with Gasteiger partial charge in [-0.2, -0.15) is 0 Å². The maximum atomic E-state index is 13.0. The van der Waals surface area contributed by atoms with Crippen LogP contribution >= 0.6 is 38.5 Å². The second kappa shape index (κ2) is 7.32. The van der Waals surface area contributed by atoms with E-state index < -0.39 is 12.4 Å². The van der Waals surface area contributed by atoms with Crippen molar-refractivity contribution in [1.82, 2.24) is 4.98 Å². The van der Waals surface area contributed by atoms with Crippen LogP contribution in [0.25, 0.3) is 0 Å². The van der Waals surface area contributed by atoms with Crippen LogP contribution in [0.3, 0.4) is 0 Å². The monoisotopic (exact) mass is 433 g/mol. The van der Waals surface area contributed by atoms with Gasteiger partial charge in [0.1, 0.15) is 0 Å². The fourth-order valence-corrected chi connectivity index (χ4v) is 2.75. The first-order chi connectivity index (χ1) is 8.51. The number of pyridine rings is 1. The van der Waals surface area contributed by atoms with Crippen LogP contribution in [0.15, 0.2) is 6.20 Å². The summed E-state index contributed by atoms with van der Waals surface area (Å²) in [4.78, 5) is 15.4. The van der Waals surface area contributed by atoms with E-state index in [1.807, 2.05) is 0 Å². The zero-order chi connectivity index (χ0) is 13.7. The molecule has 0 aliphatic carbocycles. The Morgan fingerprint density at radius 1 is 1.61 bits per heavy atom. The van der Waals surface area contributed by atoms with Crippen molar-refractivity contribution in [3.63, 3.8) is 0 Å². The molecule has 0 aliphatic heterocycles. The Morgan fingerprint density at radius 3 is 2.78 bits per heavy atom. The van der Waals surface area contributed by atoms with Gasteiger partial charge in [0.2, 0.25) is 0 Å². The van der Waals surface area contributed by atoms with Crippen molar-refractivity contribution in [2.75, 3.05) is 6.61 Å². The molecule has 1 heterocycles. The number of rotatable bonds is 5. The molecule has 0 aromatic carbocycles. The summed E-state index contributed by atoms with van der Waals surface area (Å²) in [6, 6.07) is 0. The Balaban J connectivity index is 3.08. The molecule has 0 bridgehead atoms. The molecule has 1 rings (SSSR count). The van der Waals surface area contributed by atoms with Gasteiger partial charge in [-0.3, -0.25) is 9.78 Å². The van der Waals surface area contributed by atoms with E-state index >= 15 is 0 Å². The minimum atomic E-state index is -2.59. The van der Waals surface area contributed by atoms with Gasteiger partial charge in [0, 0.05) is 20.7 Å². The van der Waals surface area contributed by atoms with E-state index in [0.29, 0.717) is 20.2 Å². The molecule has 0 fully saturated rings. The second-order valence-corrected chi connectivity index (χ2v) is 5.01. The lowest BCUT2D eigenvalue weighted by Gasteiger charge is -2.12. The van der Waals surface area contributed by atoms with Crippen LogP contribution in [0.5, 0.6) is 0 Å². The maximum absolute atomic E-state index is 13.0. The van der Waals surface area contributed by atoms with Gasteiger partial charge < -0.3 is 4.74 Å². The van der Waals surface area contributed by atoms with E-state index in [-0.39, 0.29) is 18.6 Å². The second-order valence-electron chi connectivity index (χ2n) is 3.37. The molecular weight excluding hydrogens is 423 g/mol. The van der Waals surface area contributed by atoms with Gasteiger partial charge in [-0.15, -0.1) is 0 Å². The summed E-state index contributed by atoms with van der Waals surface area (Å²) >= 11 is 4.94. The highest BCUT2D eigenvalue weighted by Crippen LogP contribution is 2.30. The first-order valence-electron chi connectivity index (χ1n) is 5.17. The van der Waals surface area contributed by atoms with Crippen LogP contribution in [0, 0.1) is 3.57 Å². The smallest absolute Gasteiger partial charge is 0.311 e. The predicted octanol–water partition coefficient (Wildman–Crippen LogP) is 3.62. The molecule has 0 aliphatic rings. The van der Waals surface area contributed by atoms with Crippen LogP contribution in [0.4, 0.5) is 8.78 Å². The lowest BCUT2D eigenvalue weighted by atomic mass is 10.1. The number of alkyl halides is 3. The van der Waals surface area contributed by atoms with Crippen molar-refractivity contribution in [1.29, 1.82) is 0 Å². The Kier molecular flexibility index (Phi) is 6.40. The summed E-state index contributed by atoms with van der Waals surface area (Å²) in [5.41, 5.74) is 0.692. The van der Waals surface area contributed by atoms with Gasteiger partial charge >= 0.3 is 5.97 Å². The molecule has 100 valence electrons. The highest BCUT2D eigenvalue weighted by molar-refractivity contribution is 14.1. The van der Waals surface area contributed by atoms with Crippen molar-refractivity contribution in [3.8, 4) is 0 Å². The standard InChI is InChI=1S/C11H11BrF2INO2/c1-2-18-8(17)3-7-10(15)9(11(13)14)6(4-12)5-16-7/h5,11H,2-4H2,1H3. The number of carbonyl (C=O) groups excluding carboxylic acids is 1. The van der Waals surface area contributed by atoms with Gasteiger partial charge in [0.15, 0.2) is 0 Å². The van der Waals surface area contributed by atoms with Crippen molar-refractivity contribution < 1.29 is 18.3 Å². The SMILES string of the molecule is CCOC(=O)Cc1ncc(CBr)c(C(F)F)c1I. The first-order valence-corrected chi connectivity index (χ1v) is 7.37. The summed E-state index contributed by atoms with van der Waals surface area (Å²) in [6.45, 7) is 1.95. The third-order valence-corrected chi connectivity index (χ3v) is 4.00. The molecule has 0 amide bonds. The van der Waals surface area contributed by atoms with Crippen molar-refractivity contribution in [2.24, 2.45) is 0 Å².